The maximum atomic E-state index is 11.3. The van der Waals surface area contributed by atoms with Crippen LogP contribution in [0, 0.1) is 5.92 Å². The molecule has 0 aliphatic heterocycles. The lowest BCUT2D eigenvalue weighted by Crippen LogP contribution is -2.29. The molecule has 0 aliphatic rings. The van der Waals surface area contributed by atoms with E-state index in [1.165, 1.54) is 0 Å². The van der Waals surface area contributed by atoms with Crippen LogP contribution in [0.4, 0.5) is 0 Å². The molecule has 0 fully saturated rings. The van der Waals surface area contributed by atoms with Gasteiger partial charge in [-0.3, -0.25) is 4.79 Å². The quantitative estimate of drug-likeness (QED) is 0.497. The van der Waals surface area contributed by atoms with Crippen LogP contribution in [0.2, 0.25) is 0 Å². The highest BCUT2D eigenvalue weighted by Crippen LogP contribution is 2.05. The highest BCUT2D eigenvalue weighted by Gasteiger charge is 2.07. The first-order chi connectivity index (χ1) is 7.24. The Morgan fingerprint density at radius 2 is 2.00 bits per heavy atom. The van der Waals surface area contributed by atoms with Crippen LogP contribution in [0.25, 0.3) is 0 Å². The first kappa shape index (κ1) is 14.4. The van der Waals surface area contributed by atoms with E-state index in [0.29, 0.717) is 25.3 Å². The van der Waals surface area contributed by atoms with Gasteiger partial charge in [0.25, 0.3) is 0 Å². The van der Waals surface area contributed by atoms with Gasteiger partial charge in [-0.1, -0.05) is 13.3 Å². The molecule has 4 nitrogen and oxygen atoms in total. The van der Waals surface area contributed by atoms with Crippen molar-refractivity contribution < 1.29 is 15.0 Å². The third kappa shape index (κ3) is 8.39. The lowest BCUT2D eigenvalue weighted by Gasteiger charge is -2.14. The summed E-state index contributed by atoms with van der Waals surface area (Å²) in [4.78, 5) is 11.3. The molecule has 0 aromatic carbocycles. The van der Waals surface area contributed by atoms with Gasteiger partial charge in [0.05, 0.1) is 0 Å². The topological polar surface area (TPSA) is 69.6 Å². The largest absolute Gasteiger partial charge is 0.396 e. The van der Waals surface area contributed by atoms with E-state index in [2.05, 4.69) is 12.2 Å². The Hall–Kier alpha value is -0.610. The Labute approximate surface area is 91.7 Å². The average molecular weight is 217 g/mol. The second kappa shape index (κ2) is 9.93. The molecular weight excluding hydrogens is 194 g/mol. The van der Waals surface area contributed by atoms with Crippen LogP contribution in [0.3, 0.4) is 0 Å². The number of rotatable bonds is 9. The standard InChI is InChI=1S/C11H23NO3/c1-2-10(6-8-14)9-12-11(15)5-3-4-7-13/h10,13-14H,2-9H2,1H3,(H,12,15). The summed E-state index contributed by atoms with van der Waals surface area (Å²) in [5.41, 5.74) is 0. The van der Waals surface area contributed by atoms with Crippen molar-refractivity contribution in [1.82, 2.24) is 5.32 Å². The van der Waals surface area contributed by atoms with Crippen LogP contribution in [-0.2, 0) is 4.79 Å². The second-order valence-corrected chi connectivity index (χ2v) is 3.77. The van der Waals surface area contributed by atoms with E-state index in [1.807, 2.05) is 0 Å². The summed E-state index contributed by atoms with van der Waals surface area (Å²) in [7, 11) is 0. The van der Waals surface area contributed by atoms with E-state index in [1.54, 1.807) is 0 Å². The molecule has 0 saturated heterocycles. The molecular formula is C11H23NO3. The molecule has 4 heteroatoms. The molecule has 0 aliphatic carbocycles. The molecule has 1 unspecified atom stereocenters. The van der Waals surface area contributed by atoms with E-state index in [9.17, 15) is 4.79 Å². The smallest absolute Gasteiger partial charge is 0.220 e. The van der Waals surface area contributed by atoms with Crippen LogP contribution in [-0.4, -0.2) is 35.9 Å². The predicted molar refractivity (Wildman–Crippen MR) is 59.4 cm³/mol. The molecule has 0 saturated carbocycles. The van der Waals surface area contributed by atoms with E-state index in [0.717, 1.165) is 19.3 Å². The molecule has 3 N–H and O–H groups in total. The normalized spacial score (nSPS) is 12.5. The zero-order valence-electron chi connectivity index (χ0n) is 9.54. The minimum Gasteiger partial charge on any atom is -0.396 e. The van der Waals surface area contributed by atoms with Crippen molar-refractivity contribution in [3.05, 3.63) is 0 Å². The fourth-order valence-corrected chi connectivity index (χ4v) is 1.38. The number of carbonyl (C=O) groups excluding carboxylic acids is 1. The van der Waals surface area contributed by atoms with Crippen molar-refractivity contribution in [3.8, 4) is 0 Å². The Morgan fingerprint density at radius 1 is 1.27 bits per heavy atom. The molecule has 0 heterocycles. The number of unbranched alkanes of at least 4 members (excludes halogenated alkanes) is 1. The van der Waals surface area contributed by atoms with Crippen molar-refractivity contribution in [1.29, 1.82) is 0 Å². The zero-order valence-corrected chi connectivity index (χ0v) is 9.54. The molecule has 0 aromatic heterocycles. The van der Waals surface area contributed by atoms with Gasteiger partial charge in [-0.25, -0.2) is 0 Å². The molecule has 0 rings (SSSR count). The average Bonchev–Trinajstić information content (AvgIpc) is 2.24. The fraction of sp³-hybridized carbons (Fsp3) is 0.909. The first-order valence-electron chi connectivity index (χ1n) is 5.73. The molecule has 90 valence electrons. The van der Waals surface area contributed by atoms with E-state index in [-0.39, 0.29) is 19.1 Å². The molecule has 0 bridgehead atoms. The van der Waals surface area contributed by atoms with Crippen LogP contribution in [0.5, 0.6) is 0 Å². The number of hydrogen-bond donors (Lipinski definition) is 3. The van der Waals surface area contributed by atoms with Gasteiger partial charge in [0, 0.05) is 26.2 Å². The van der Waals surface area contributed by atoms with Gasteiger partial charge < -0.3 is 15.5 Å². The molecule has 0 radical (unpaired) electrons. The van der Waals surface area contributed by atoms with Crippen molar-refractivity contribution in [3.63, 3.8) is 0 Å². The Bertz CT molecular complexity index is 162. The SMILES string of the molecule is CCC(CCO)CNC(=O)CCCCO. The van der Waals surface area contributed by atoms with Crippen LogP contribution >= 0.6 is 0 Å². The van der Waals surface area contributed by atoms with Gasteiger partial charge in [0.2, 0.25) is 5.91 Å². The highest BCUT2D eigenvalue weighted by molar-refractivity contribution is 5.75. The van der Waals surface area contributed by atoms with Crippen molar-refractivity contribution in [2.24, 2.45) is 5.92 Å². The minimum absolute atomic E-state index is 0.0415. The first-order valence-corrected chi connectivity index (χ1v) is 5.73. The van der Waals surface area contributed by atoms with Crippen LogP contribution in [0.1, 0.15) is 39.0 Å². The summed E-state index contributed by atoms with van der Waals surface area (Å²) in [6, 6.07) is 0. The van der Waals surface area contributed by atoms with Crippen molar-refractivity contribution in [2.45, 2.75) is 39.0 Å². The summed E-state index contributed by atoms with van der Waals surface area (Å²) in [6.07, 6.45) is 3.61. The number of aliphatic hydroxyl groups is 2. The number of nitrogens with one attached hydrogen (secondary N) is 1. The zero-order chi connectivity index (χ0) is 11.5. The fourth-order valence-electron chi connectivity index (χ4n) is 1.38. The summed E-state index contributed by atoms with van der Waals surface area (Å²) in [5.74, 6) is 0.414. The number of carbonyl (C=O) groups is 1. The van der Waals surface area contributed by atoms with E-state index >= 15 is 0 Å². The molecule has 0 aromatic rings. The molecule has 15 heavy (non-hydrogen) atoms. The van der Waals surface area contributed by atoms with Gasteiger partial charge in [-0.15, -0.1) is 0 Å². The lowest BCUT2D eigenvalue weighted by atomic mass is 10.0. The maximum Gasteiger partial charge on any atom is 0.220 e. The van der Waals surface area contributed by atoms with E-state index in [4.69, 9.17) is 10.2 Å². The summed E-state index contributed by atoms with van der Waals surface area (Å²) in [5, 5.41) is 20.2. The Kier molecular flexibility index (Phi) is 9.52. The van der Waals surface area contributed by atoms with Gasteiger partial charge >= 0.3 is 0 Å². The maximum absolute atomic E-state index is 11.3. The third-order valence-corrected chi connectivity index (χ3v) is 2.51. The van der Waals surface area contributed by atoms with Gasteiger partial charge in [0.15, 0.2) is 0 Å². The number of amides is 1. The molecule has 0 spiro atoms. The number of hydrogen-bond acceptors (Lipinski definition) is 3. The lowest BCUT2D eigenvalue weighted by molar-refractivity contribution is -0.121. The number of aliphatic hydroxyl groups excluding tert-OH is 2. The summed E-state index contributed by atoms with van der Waals surface area (Å²) < 4.78 is 0. The minimum atomic E-state index is 0.0415. The summed E-state index contributed by atoms with van der Waals surface area (Å²) in [6.45, 7) is 3.03. The summed E-state index contributed by atoms with van der Waals surface area (Å²) >= 11 is 0. The van der Waals surface area contributed by atoms with E-state index < -0.39 is 0 Å². The Morgan fingerprint density at radius 3 is 2.53 bits per heavy atom. The van der Waals surface area contributed by atoms with Crippen molar-refractivity contribution >= 4 is 5.91 Å². The molecule has 1 atom stereocenters. The molecule has 1 amide bonds. The monoisotopic (exact) mass is 217 g/mol. The second-order valence-electron chi connectivity index (χ2n) is 3.77. The van der Waals surface area contributed by atoms with Crippen LogP contribution < -0.4 is 5.32 Å². The highest BCUT2D eigenvalue weighted by atomic mass is 16.3. The van der Waals surface area contributed by atoms with Gasteiger partial charge in [0.1, 0.15) is 0 Å². The Balaban J connectivity index is 3.50. The van der Waals surface area contributed by atoms with Gasteiger partial charge in [-0.05, 0) is 25.2 Å². The predicted octanol–water partition coefficient (Wildman–Crippen LogP) is 0.674. The van der Waals surface area contributed by atoms with Crippen LogP contribution in [0.15, 0.2) is 0 Å². The van der Waals surface area contributed by atoms with Crippen molar-refractivity contribution in [2.75, 3.05) is 19.8 Å². The van der Waals surface area contributed by atoms with Gasteiger partial charge in [-0.2, -0.15) is 0 Å². The third-order valence-electron chi connectivity index (χ3n) is 2.51.